The number of nitrogens with one attached hydrogen (secondary N) is 1. The summed E-state index contributed by atoms with van der Waals surface area (Å²) in [5.74, 6) is -1.70. The second kappa shape index (κ2) is 6.42. The Kier molecular flexibility index (Phi) is 5.18. The highest BCUT2D eigenvalue weighted by molar-refractivity contribution is 8.14. The maximum absolute atomic E-state index is 11.4. The average Bonchev–Trinajstić information content (AvgIpc) is 2.26. The molecule has 0 fully saturated rings. The van der Waals surface area contributed by atoms with Crippen LogP contribution in [0.2, 0.25) is 5.02 Å². The molecule has 0 aliphatic rings. The van der Waals surface area contributed by atoms with E-state index in [-0.39, 0.29) is 0 Å². The van der Waals surface area contributed by atoms with Gasteiger partial charge in [-0.1, -0.05) is 23.7 Å². The Bertz CT molecular complexity index is 474. The number of halogens is 1. The summed E-state index contributed by atoms with van der Waals surface area (Å²) in [4.78, 5) is 33.1. The van der Waals surface area contributed by atoms with E-state index in [4.69, 9.17) is 16.7 Å². The molecule has 0 unspecified atom stereocenters. The van der Waals surface area contributed by atoms with Crippen molar-refractivity contribution in [3.05, 3.63) is 34.9 Å². The lowest BCUT2D eigenvalue weighted by molar-refractivity contribution is -0.136. The Hall–Kier alpha value is -1.53. The van der Waals surface area contributed by atoms with Crippen LogP contribution in [0, 0.1) is 0 Å². The molecule has 2 N–H and O–H groups in total. The van der Waals surface area contributed by atoms with Gasteiger partial charge in [0.15, 0.2) is 0 Å². The van der Waals surface area contributed by atoms with E-state index in [0.717, 1.165) is 0 Å². The molecule has 0 spiro atoms. The van der Waals surface area contributed by atoms with Crippen molar-refractivity contribution in [3.63, 3.8) is 0 Å². The number of amides is 2. The first-order chi connectivity index (χ1) is 8.40. The quantitative estimate of drug-likeness (QED) is 0.892. The summed E-state index contributed by atoms with van der Waals surface area (Å²) in [7, 11) is 0. The third-order valence-corrected chi connectivity index (χ3v) is 3.18. The van der Waals surface area contributed by atoms with E-state index in [9.17, 15) is 14.4 Å². The zero-order chi connectivity index (χ0) is 13.7. The second-order valence-electron chi connectivity index (χ2n) is 3.36. The van der Waals surface area contributed by atoms with E-state index in [1.165, 1.54) is 31.2 Å². The van der Waals surface area contributed by atoms with Gasteiger partial charge in [0.25, 0.3) is 5.24 Å². The van der Waals surface area contributed by atoms with Crippen molar-refractivity contribution >= 4 is 40.5 Å². The number of rotatable bonds is 3. The van der Waals surface area contributed by atoms with Crippen molar-refractivity contribution in [1.29, 1.82) is 0 Å². The molecule has 96 valence electrons. The Balaban J connectivity index is 2.83. The highest BCUT2D eigenvalue weighted by Crippen LogP contribution is 2.30. The molecule has 7 heteroatoms. The minimum Gasteiger partial charge on any atom is -0.480 e. The van der Waals surface area contributed by atoms with Gasteiger partial charge in [0, 0.05) is 11.9 Å². The van der Waals surface area contributed by atoms with Crippen LogP contribution >= 0.6 is 23.4 Å². The lowest BCUT2D eigenvalue weighted by atomic mass is 10.1. The van der Waals surface area contributed by atoms with Crippen LogP contribution in [0.4, 0.5) is 4.79 Å². The highest BCUT2D eigenvalue weighted by Gasteiger charge is 2.24. The number of carboxylic acid groups (broad SMARTS) is 1. The molecule has 1 atom stereocenters. The first kappa shape index (κ1) is 14.5. The zero-order valence-electron chi connectivity index (χ0n) is 9.34. The molecule has 0 radical (unpaired) electrons. The van der Waals surface area contributed by atoms with Crippen LogP contribution in [0.1, 0.15) is 17.7 Å². The van der Waals surface area contributed by atoms with Crippen LogP contribution in [-0.2, 0) is 9.59 Å². The fourth-order valence-corrected chi connectivity index (χ4v) is 2.12. The first-order valence-electron chi connectivity index (χ1n) is 4.86. The summed E-state index contributed by atoms with van der Waals surface area (Å²) in [6.07, 6.45) is 0. The van der Waals surface area contributed by atoms with Crippen LogP contribution in [0.15, 0.2) is 24.3 Å². The van der Waals surface area contributed by atoms with Crippen molar-refractivity contribution in [2.24, 2.45) is 0 Å². The molecule has 2 amide bonds. The monoisotopic (exact) mass is 287 g/mol. The van der Waals surface area contributed by atoms with Gasteiger partial charge in [-0.15, -0.1) is 0 Å². The molecule has 1 aromatic rings. The fourth-order valence-electron chi connectivity index (χ4n) is 1.18. The fraction of sp³-hybridized carbons (Fsp3) is 0.182. The number of hydrogen-bond acceptors (Lipinski definition) is 4. The van der Waals surface area contributed by atoms with Crippen LogP contribution in [0.5, 0.6) is 0 Å². The van der Waals surface area contributed by atoms with E-state index < -0.39 is 22.4 Å². The van der Waals surface area contributed by atoms with Gasteiger partial charge >= 0.3 is 5.97 Å². The SMILES string of the molecule is CC(=O)NC(=O)S[C@@H](C(=O)O)c1ccc(Cl)cc1. The Morgan fingerprint density at radius 3 is 2.28 bits per heavy atom. The molecule has 5 nitrogen and oxygen atoms in total. The van der Waals surface area contributed by atoms with Crippen molar-refractivity contribution < 1.29 is 19.5 Å². The van der Waals surface area contributed by atoms with Gasteiger partial charge in [0.05, 0.1) is 0 Å². The lowest BCUT2D eigenvalue weighted by Crippen LogP contribution is -2.25. The summed E-state index contributed by atoms with van der Waals surface area (Å²) >= 11 is 6.22. The topological polar surface area (TPSA) is 83.5 Å². The number of carbonyl (C=O) groups excluding carboxylic acids is 2. The van der Waals surface area contributed by atoms with E-state index in [1.807, 2.05) is 5.32 Å². The van der Waals surface area contributed by atoms with Gasteiger partial charge < -0.3 is 5.11 Å². The summed E-state index contributed by atoms with van der Waals surface area (Å²) < 4.78 is 0. The van der Waals surface area contributed by atoms with Gasteiger partial charge in [-0.05, 0) is 29.5 Å². The number of hydrogen-bond donors (Lipinski definition) is 2. The molecule has 0 heterocycles. The average molecular weight is 288 g/mol. The zero-order valence-corrected chi connectivity index (χ0v) is 10.9. The first-order valence-corrected chi connectivity index (χ1v) is 6.12. The second-order valence-corrected chi connectivity index (χ2v) is 4.87. The Morgan fingerprint density at radius 2 is 1.83 bits per heavy atom. The predicted molar refractivity (Wildman–Crippen MR) is 68.6 cm³/mol. The number of carboxylic acids is 1. The summed E-state index contributed by atoms with van der Waals surface area (Å²) in [6.45, 7) is 1.18. The smallest absolute Gasteiger partial charge is 0.321 e. The Morgan fingerprint density at radius 1 is 1.28 bits per heavy atom. The van der Waals surface area contributed by atoms with Gasteiger partial charge in [0.1, 0.15) is 5.25 Å². The van der Waals surface area contributed by atoms with Crippen LogP contribution < -0.4 is 5.32 Å². The molecule has 0 aliphatic heterocycles. The predicted octanol–water partition coefficient (Wildman–Crippen LogP) is 2.46. The minimum absolute atomic E-state index is 0.426. The molecule has 0 bridgehead atoms. The lowest BCUT2D eigenvalue weighted by Gasteiger charge is -2.11. The molecule has 1 rings (SSSR count). The molecular weight excluding hydrogens is 278 g/mol. The third-order valence-electron chi connectivity index (χ3n) is 1.90. The van der Waals surface area contributed by atoms with Crippen molar-refractivity contribution in [2.45, 2.75) is 12.2 Å². The number of aliphatic carboxylic acids is 1. The largest absolute Gasteiger partial charge is 0.480 e. The number of carbonyl (C=O) groups is 3. The van der Waals surface area contributed by atoms with Crippen LogP contribution in [0.25, 0.3) is 0 Å². The third kappa shape index (κ3) is 4.38. The van der Waals surface area contributed by atoms with Gasteiger partial charge in [-0.3, -0.25) is 19.7 Å². The van der Waals surface area contributed by atoms with E-state index in [1.54, 1.807) is 0 Å². The number of thioether (sulfide) groups is 1. The molecule has 18 heavy (non-hydrogen) atoms. The maximum atomic E-state index is 11.4. The molecule has 1 aromatic carbocycles. The standard InChI is InChI=1S/C11H10ClNO4S/c1-6(14)13-11(17)18-9(10(15)16)7-2-4-8(12)5-3-7/h2-5,9H,1H3,(H,15,16)(H,13,14,17)/t9-/m1/s1. The van der Waals surface area contributed by atoms with Crippen molar-refractivity contribution in [1.82, 2.24) is 5.32 Å². The van der Waals surface area contributed by atoms with Crippen LogP contribution in [0.3, 0.4) is 0 Å². The van der Waals surface area contributed by atoms with Crippen LogP contribution in [-0.4, -0.2) is 22.2 Å². The maximum Gasteiger partial charge on any atom is 0.321 e. The van der Waals surface area contributed by atoms with Gasteiger partial charge in [0.2, 0.25) is 5.91 Å². The number of imide groups is 1. The molecule has 0 saturated heterocycles. The molecule has 0 aliphatic carbocycles. The number of benzene rings is 1. The van der Waals surface area contributed by atoms with Gasteiger partial charge in [-0.2, -0.15) is 0 Å². The Labute approximate surface area is 113 Å². The highest BCUT2D eigenvalue weighted by atomic mass is 35.5. The van der Waals surface area contributed by atoms with E-state index in [2.05, 4.69) is 0 Å². The van der Waals surface area contributed by atoms with E-state index >= 15 is 0 Å². The summed E-state index contributed by atoms with van der Waals surface area (Å²) in [6, 6.07) is 6.12. The van der Waals surface area contributed by atoms with E-state index in [0.29, 0.717) is 22.3 Å². The summed E-state index contributed by atoms with van der Waals surface area (Å²) in [5, 5.41) is 9.75. The molecule has 0 saturated carbocycles. The molecule has 0 aromatic heterocycles. The summed E-state index contributed by atoms with van der Waals surface area (Å²) in [5.41, 5.74) is 0.426. The normalized spacial score (nSPS) is 11.7. The molecular formula is C11H10ClNO4S. The van der Waals surface area contributed by atoms with Crippen molar-refractivity contribution in [2.75, 3.05) is 0 Å². The van der Waals surface area contributed by atoms with Crippen molar-refractivity contribution in [3.8, 4) is 0 Å². The van der Waals surface area contributed by atoms with Gasteiger partial charge in [-0.25, -0.2) is 0 Å². The minimum atomic E-state index is -1.17.